The molecular weight excluding hydrogens is 482 g/mol. The van der Waals surface area contributed by atoms with Gasteiger partial charge in [0.2, 0.25) is 0 Å². The van der Waals surface area contributed by atoms with Crippen molar-refractivity contribution in [2.45, 2.75) is 19.3 Å². The van der Waals surface area contributed by atoms with Crippen LogP contribution in [0.5, 0.6) is 0 Å². The van der Waals surface area contributed by atoms with E-state index in [4.69, 9.17) is 0 Å². The Kier molecular flexibility index (Phi) is 5.86. The lowest BCUT2D eigenvalue weighted by Gasteiger charge is -2.24. The highest BCUT2D eigenvalue weighted by Crippen LogP contribution is 2.52. The molecule has 0 aromatic heterocycles. The van der Waals surface area contributed by atoms with Crippen LogP contribution < -0.4 is 5.32 Å². The molecule has 0 atom stereocenters. The third kappa shape index (κ3) is 4.12. The number of anilines is 2. The van der Waals surface area contributed by atoms with Crippen LogP contribution >= 0.6 is 0 Å². The summed E-state index contributed by atoms with van der Waals surface area (Å²) in [5.41, 5.74) is 15.1. The maximum atomic E-state index is 3.66. The van der Waals surface area contributed by atoms with Gasteiger partial charge in [-0.1, -0.05) is 135 Å². The minimum absolute atomic E-state index is 0.0660. The summed E-state index contributed by atoms with van der Waals surface area (Å²) in [5.74, 6) is 0. The number of nitrogens with one attached hydrogen (secondary N) is 1. The Hall–Kier alpha value is -4.88. The predicted octanol–water partition coefficient (Wildman–Crippen LogP) is 10.7. The Bertz CT molecular complexity index is 1810. The second-order valence-corrected chi connectivity index (χ2v) is 11.1. The topological polar surface area (TPSA) is 12.0 Å². The van der Waals surface area contributed by atoms with Crippen molar-refractivity contribution < 1.29 is 0 Å². The Morgan fingerprint density at radius 2 is 0.900 bits per heavy atom. The van der Waals surface area contributed by atoms with Crippen LogP contribution in [0.2, 0.25) is 0 Å². The molecule has 0 saturated carbocycles. The Morgan fingerprint density at radius 1 is 0.400 bits per heavy atom. The largest absolute Gasteiger partial charge is 0.356 e. The molecule has 0 fully saturated rings. The maximum absolute atomic E-state index is 3.66. The van der Waals surface area contributed by atoms with Crippen LogP contribution in [0.4, 0.5) is 11.4 Å². The number of hydrogen-bond acceptors (Lipinski definition) is 1. The van der Waals surface area contributed by atoms with Crippen LogP contribution in [0, 0.1) is 0 Å². The third-order valence-corrected chi connectivity index (χ3v) is 8.25. The van der Waals surface area contributed by atoms with E-state index in [2.05, 4.69) is 165 Å². The van der Waals surface area contributed by atoms with Gasteiger partial charge in [0.15, 0.2) is 0 Å². The molecular formula is C39H31N. The monoisotopic (exact) mass is 513 g/mol. The molecule has 0 heterocycles. The molecule has 0 aliphatic heterocycles. The zero-order valence-electron chi connectivity index (χ0n) is 22.9. The van der Waals surface area contributed by atoms with Crippen molar-refractivity contribution in [2.75, 3.05) is 5.32 Å². The van der Waals surface area contributed by atoms with Gasteiger partial charge in [0, 0.05) is 16.8 Å². The average Bonchev–Trinajstić information content (AvgIpc) is 3.24. The van der Waals surface area contributed by atoms with Gasteiger partial charge in [0.25, 0.3) is 0 Å². The van der Waals surface area contributed by atoms with E-state index >= 15 is 0 Å². The smallest absolute Gasteiger partial charge is 0.0390 e. The Morgan fingerprint density at radius 3 is 1.55 bits per heavy atom. The van der Waals surface area contributed by atoms with Gasteiger partial charge < -0.3 is 5.32 Å². The van der Waals surface area contributed by atoms with E-state index in [0.29, 0.717) is 0 Å². The summed E-state index contributed by atoms with van der Waals surface area (Å²) in [5, 5.41) is 3.66. The van der Waals surface area contributed by atoms with E-state index in [9.17, 15) is 0 Å². The van der Waals surface area contributed by atoms with Crippen molar-refractivity contribution in [1.82, 2.24) is 0 Å². The molecule has 1 heteroatoms. The van der Waals surface area contributed by atoms with E-state index < -0.39 is 0 Å². The van der Waals surface area contributed by atoms with Gasteiger partial charge >= 0.3 is 0 Å². The summed E-state index contributed by atoms with van der Waals surface area (Å²) in [6.07, 6.45) is 0. The van der Waals surface area contributed by atoms with Crippen LogP contribution in [0.15, 0.2) is 146 Å². The first-order chi connectivity index (χ1) is 19.6. The number of rotatable bonds is 5. The van der Waals surface area contributed by atoms with Crippen LogP contribution in [-0.2, 0) is 5.41 Å². The Labute approximate surface area is 236 Å². The molecule has 0 unspecified atom stereocenters. The van der Waals surface area contributed by atoms with Crippen molar-refractivity contribution in [3.63, 3.8) is 0 Å². The highest BCUT2D eigenvalue weighted by Gasteiger charge is 2.37. The molecule has 1 aliphatic carbocycles. The Balaban J connectivity index is 1.20. The first kappa shape index (κ1) is 24.2. The number of hydrogen-bond donors (Lipinski definition) is 1. The molecule has 1 nitrogen and oxygen atoms in total. The first-order valence-corrected chi connectivity index (χ1v) is 14.0. The van der Waals surface area contributed by atoms with Crippen LogP contribution in [0.1, 0.15) is 25.0 Å². The second-order valence-electron chi connectivity index (χ2n) is 11.1. The molecule has 0 saturated heterocycles. The first-order valence-electron chi connectivity index (χ1n) is 14.0. The summed E-state index contributed by atoms with van der Waals surface area (Å²) < 4.78 is 0. The maximum Gasteiger partial charge on any atom is 0.0390 e. The summed E-state index contributed by atoms with van der Waals surface area (Å²) in [7, 11) is 0. The lowest BCUT2D eigenvalue weighted by molar-refractivity contribution is 0.662. The van der Waals surface area contributed by atoms with Crippen molar-refractivity contribution in [3.05, 3.63) is 157 Å². The van der Waals surface area contributed by atoms with Gasteiger partial charge in [-0.05, 0) is 79.9 Å². The number of benzene rings is 6. The van der Waals surface area contributed by atoms with E-state index in [-0.39, 0.29) is 5.41 Å². The fourth-order valence-electron chi connectivity index (χ4n) is 6.34. The van der Waals surface area contributed by atoms with Gasteiger partial charge in [-0.15, -0.1) is 0 Å². The van der Waals surface area contributed by atoms with Crippen molar-refractivity contribution >= 4 is 11.4 Å². The van der Waals surface area contributed by atoms with E-state index in [1.165, 1.54) is 55.6 Å². The normalized spacial score (nSPS) is 12.9. The lowest BCUT2D eigenvalue weighted by atomic mass is 9.79. The van der Waals surface area contributed by atoms with Gasteiger partial charge in [0.1, 0.15) is 0 Å². The van der Waals surface area contributed by atoms with E-state index in [1.807, 2.05) is 0 Å². The minimum Gasteiger partial charge on any atom is -0.356 e. The lowest BCUT2D eigenvalue weighted by Crippen LogP contribution is -2.16. The molecule has 0 radical (unpaired) electrons. The quantitative estimate of drug-likeness (QED) is 0.242. The standard InChI is InChI=1S/C39H31N/c1-39(2)37-25-24-31(26-36(37)35-19-11-18-34(38(35)39)28-14-7-4-8-15-28)40-30-22-20-29(21-23-30)33-17-10-9-16-32(33)27-12-5-3-6-13-27/h3-26,40H,1-2H3. The number of fused-ring (bicyclic) bond motifs is 3. The summed E-state index contributed by atoms with van der Waals surface area (Å²) in [6.45, 7) is 4.70. The van der Waals surface area contributed by atoms with Gasteiger partial charge in [-0.3, -0.25) is 0 Å². The summed E-state index contributed by atoms with van der Waals surface area (Å²) in [6, 6.07) is 52.3. The van der Waals surface area contributed by atoms with Crippen LogP contribution in [0.25, 0.3) is 44.5 Å². The molecule has 192 valence electrons. The predicted molar refractivity (Wildman–Crippen MR) is 170 cm³/mol. The molecule has 0 bridgehead atoms. The molecule has 0 amide bonds. The van der Waals surface area contributed by atoms with Crippen molar-refractivity contribution in [1.29, 1.82) is 0 Å². The van der Waals surface area contributed by atoms with Crippen molar-refractivity contribution in [2.24, 2.45) is 0 Å². The zero-order valence-corrected chi connectivity index (χ0v) is 22.9. The average molecular weight is 514 g/mol. The van der Waals surface area contributed by atoms with E-state index in [0.717, 1.165) is 11.4 Å². The van der Waals surface area contributed by atoms with Gasteiger partial charge in [-0.2, -0.15) is 0 Å². The van der Waals surface area contributed by atoms with E-state index in [1.54, 1.807) is 0 Å². The second kappa shape index (κ2) is 9.70. The molecule has 1 N–H and O–H groups in total. The molecule has 40 heavy (non-hydrogen) atoms. The van der Waals surface area contributed by atoms with Crippen molar-refractivity contribution in [3.8, 4) is 44.5 Å². The fourth-order valence-corrected chi connectivity index (χ4v) is 6.34. The third-order valence-electron chi connectivity index (χ3n) is 8.25. The highest BCUT2D eigenvalue weighted by molar-refractivity contribution is 5.90. The minimum atomic E-state index is -0.0660. The van der Waals surface area contributed by atoms with Crippen LogP contribution in [-0.4, -0.2) is 0 Å². The van der Waals surface area contributed by atoms with Gasteiger partial charge in [0.05, 0.1) is 0 Å². The molecule has 6 aromatic carbocycles. The summed E-state index contributed by atoms with van der Waals surface area (Å²) in [4.78, 5) is 0. The molecule has 6 aromatic rings. The summed E-state index contributed by atoms with van der Waals surface area (Å²) >= 11 is 0. The van der Waals surface area contributed by atoms with Crippen LogP contribution in [0.3, 0.4) is 0 Å². The van der Waals surface area contributed by atoms with Gasteiger partial charge in [-0.25, -0.2) is 0 Å². The molecule has 1 aliphatic rings. The zero-order chi connectivity index (χ0) is 27.1. The highest BCUT2D eigenvalue weighted by atomic mass is 14.9. The fraction of sp³-hybridized carbons (Fsp3) is 0.0769. The SMILES string of the molecule is CC1(C)c2ccc(Nc3ccc(-c4ccccc4-c4ccccc4)cc3)cc2-c2cccc(-c3ccccc3)c21. The molecule has 0 spiro atoms. The molecule has 7 rings (SSSR count).